The Bertz CT molecular complexity index is 2380. The zero-order valence-corrected chi connectivity index (χ0v) is 43.1. The van der Waals surface area contributed by atoms with Crippen LogP contribution in [0, 0.1) is 5.92 Å². The normalized spacial score (nSPS) is 18.0. The van der Waals surface area contributed by atoms with Gasteiger partial charge in [-0.15, -0.1) is 9.46 Å². The first-order valence-corrected chi connectivity index (χ1v) is 26.3. The number of primary amides is 1. The molecule has 13 N–H and O–H groups in total. The molecule has 0 unspecified atom stereocenters. The molecule has 2 fully saturated rings. The van der Waals surface area contributed by atoms with E-state index >= 15 is 0 Å². The number of carboxylic acid groups (broad SMARTS) is 4. The predicted octanol–water partition coefficient (Wildman–Crippen LogP) is -0.552. The summed E-state index contributed by atoms with van der Waals surface area (Å²) in [5.74, 6) is -14.1. The number of nitrogens with zero attached hydrogens (tertiary/aromatic N) is 2. The van der Waals surface area contributed by atoms with E-state index in [9.17, 15) is 86.5 Å². The maximum atomic E-state index is 14.4. The van der Waals surface area contributed by atoms with Crippen LogP contribution in [0.15, 0.2) is 24.3 Å². The quantitative estimate of drug-likeness (QED) is 0.0393. The van der Waals surface area contributed by atoms with Crippen LogP contribution in [0.2, 0.25) is 0 Å². The molecule has 2 aliphatic heterocycles. The lowest BCUT2D eigenvalue weighted by atomic mass is 9.96. The number of carbonyl (C=O) groups excluding carboxylic acids is 8. The van der Waals surface area contributed by atoms with Crippen LogP contribution in [0.25, 0.3) is 0 Å². The van der Waals surface area contributed by atoms with Crippen molar-refractivity contribution < 1.29 is 101 Å². The lowest BCUT2D eigenvalue weighted by Crippen LogP contribution is -2.61. The highest BCUT2D eigenvalue weighted by Crippen LogP contribution is 2.52. The number of hydrogen-bond donors (Lipinski definition) is 11. The van der Waals surface area contributed by atoms with Gasteiger partial charge in [0.05, 0.1) is 12.2 Å². The van der Waals surface area contributed by atoms with Gasteiger partial charge in [0, 0.05) is 45.2 Å². The van der Waals surface area contributed by atoms with Gasteiger partial charge >= 0.3 is 31.5 Å². The van der Waals surface area contributed by atoms with Gasteiger partial charge in [0.1, 0.15) is 42.3 Å². The lowest BCUT2D eigenvalue weighted by molar-refractivity contribution is -0.150. The summed E-state index contributed by atoms with van der Waals surface area (Å²) in [7, 11) is -4.88. The molecule has 1 aromatic carbocycles. The van der Waals surface area contributed by atoms with Crippen LogP contribution in [0.5, 0.6) is 0 Å². The summed E-state index contributed by atoms with van der Waals surface area (Å²) >= 11 is 0. The molecule has 2 aliphatic rings. The molecule has 9 atom stereocenters. The van der Waals surface area contributed by atoms with Gasteiger partial charge in [-0.05, 0) is 77.5 Å². The van der Waals surface area contributed by atoms with E-state index in [1.165, 1.54) is 24.3 Å². The second kappa shape index (κ2) is 30.5. The number of nitrogens with one attached hydrogen (secondary N) is 5. The lowest BCUT2D eigenvalue weighted by Gasteiger charge is -2.32. The van der Waals surface area contributed by atoms with Crippen LogP contribution >= 0.6 is 7.60 Å². The Balaban J connectivity index is 2.02. The van der Waals surface area contributed by atoms with E-state index in [1.54, 1.807) is 13.8 Å². The van der Waals surface area contributed by atoms with Crippen LogP contribution < -0.4 is 38.1 Å². The summed E-state index contributed by atoms with van der Waals surface area (Å²) in [5, 5.41) is 50.0. The number of carbonyl (C=O) groups is 12. The van der Waals surface area contributed by atoms with Gasteiger partial charge in [-0.1, -0.05) is 44.5 Å². The zero-order valence-electron chi connectivity index (χ0n) is 42.2. The average Bonchev–Trinajstić information content (AvgIpc) is 4.09. The number of halogens is 2. The SMILES string of the molecule is CC[C@H](C)[C@H](NC(=O)[C@H](CCC(=O)O)NC(=O)[C@H](CCC(=O)O)NC(=O)[C@H](Cc1ccc(CP(=O)(OF)OF)cc1)NC(=O)[C@H](CCC(N)=O)NC(=O)[C@@H]1CCCN1C(=O)[C@@H](N)CCC(=O)O)C(=O)N1CCC[C@H]1C(=O)O. The van der Waals surface area contributed by atoms with Crippen molar-refractivity contribution in [2.45, 2.75) is 158 Å². The van der Waals surface area contributed by atoms with E-state index in [0.29, 0.717) is 12.8 Å². The fraction of sp³-hybridized carbons (Fsp3) is 0.609. The molecule has 31 heteroatoms. The van der Waals surface area contributed by atoms with Crippen molar-refractivity contribution in [3.8, 4) is 0 Å². The van der Waals surface area contributed by atoms with Gasteiger partial charge in [0.2, 0.25) is 47.3 Å². The molecule has 428 valence electrons. The molecular weight excluding hydrogens is 1050 g/mol. The molecule has 0 aliphatic carbocycles. The fourth-order valence-corrected chi connectivity index (χ4v) is 9.32. The number of rotatable bonds is 33. The van der Waals surface area contributed by atoms with Gasteiger partial charge in [-0.25, -0.2) is 4.79 Å². The van der Waals surface area contributed by atoms with E-state index < -0.39 is 191 Å². The third-order valence-corrected chi connectivity index (χ3v) is 14.2. The Hall–Kier alpha value is -7.17. The highest BCUT2D eigenvalue weighted by atomic mass is 31.2. The summed E-state index contributed by atoms with van der Waals surface area (Å²) in [4.78, 5) is 158. The van der Waals surface area contributed by atoms with Crippen LogP contribution in [-0.2, 0) is 84.1 Å². The van der Waals surface area contributed by atoms with Crippen molar-refractivity contribution in [1.82, 2.24) is 36.4 Å². The second-order valence-electron chi connectivity index (χ2n) is 18.7. The van der Waals surface area contributed by atoms with Crippen molar-refractivity contribution in [3.63, 3.8) is 0 Å². The van der Waals surface area contributed by atoms with E-state index in [-0.39, 0.29) is 49.9 Å². The number of carboxylic acids is 4. The Morgan fingerprint density at radius 1 is 0.636 bits per heavy atom. The first-order chi connectivity index (χ1) is 36.2. The smallest absolute Gasteiger partial charge is 0.399 e. The minimum absolute atomic E-state index is 0.0128. The van der Waals surface area contributed by atoms with E-state index in [2.05, 4.69) is 36.0 Å². The Morgan fingerprint density at radius 2 is 1.06 bits per heavy atom. The molecule has 8 amide bonds. The molecule has 0 bridgehead atoms. The van der Waals surface area contributed by atoms with Gasteiger partial charge in [-0.3, -0.25) is 57.3 Å². The van der Waals surface area contributed by atoms with Crippen molar-refractivity contribution in [2.75, 3.05) is 13.1 Å². The Morgan fingerprint density at radius 3 is 1.55 bits per heavy atom. The molecule has 0 aromatic heterocycles. The first kappa shape index (κ1) is 64.1. The van der Waals surface area contributed by atoms with E-state index in [0.717, 1.165) is 9.80 Å². The van der Waals surface area contributed by atoms with E-state index in [1.807, 2.05) is 0 Å². The van der Waals surface area contributed by atoms with Gasteiger partial charge in [0.15, 0.2) is 0 Å². The molecule has 0 radical (unpaired) electrons. The van der Waals surface area contributed by atoms with Crippen molar-refractivity contribution >= 4 is 78.7 Å². The fourth-order valence-electron chi connectivity index (χ4n) is 8.54. The van der Waals surface area contributed by atoms with Gasteiger partial charge < -0.3 is 68.3 Å². The summed E-state index contributed by atoms with van der Waals surface area (Å²) < 4.78 is 44.1. The Kier molecular flexibility index (Phi) is 25.4. The highest BCUT2D eigenvalue weighted by molar-refractivity contribution is 7.52. The van der Waals surface area contributed by atoms with Crippen molar-refractivity contribution in [1.29, 1.82) is 0 Å². The van der Waals surface area contributed by atoms with Crippen LogP contribution in [-0.4, -0.2) is 163 Å². The number of aliphatic carboxylic acids is 4. The minimum Gasteiger partial charge on any atom is -0.481 e. The largest absolute Gasteiger partial charge is 0.481 e. The van der Waals surface area contributed by atoms with Crippen LogP contribution in [0.1, 0.15) is 108 Å². The Labute approximate surface area is 439 Å². The predicted molar refractivity (Wildman–Crippen MR) is 259 cm³/mol. The third kappa shape index (κ3) is 20.0. The van der Waals surface area contributed by atoms with Gasteiger partial charge in [0.25, 0.3) is 0 Å². The number of benzene rings is 1. The molecule has 0 spiro atoms. The zero-order chi connectivity index (χ0) is 57.7. The number of amides is 8. The molecule has 77 heavy (non-hydrogen) atoms. The summed E-state index contributed by atoms with van der Waals surface area (Å²) in [6, 6.07) is -7.36. The van der Waals surface area contributed by atoms with E-state index in [4.69, 9.17) is 16.6 Å². The highest BCUT2D eigenvalue weighted by Gasteiger charge is 2.42. The maximum absolute atomic E-state index is 14.4. The number of nitrogens with two attached hydrogens (primary N) is 2. The summed E-state index contributed by atoms with van der Waals surface area (Å²) in [5.41, 5.74) is 11.4. The molecule has 2 saturated heterocycles. The minimum atomic E-state index is -4.88. The first-order valence-electron chi connectivity index (χ1n) is 24.6. The number of likely N-dealkylation sites (tertiary alicyclic amines) is 2. The monoisotopic (exact) mass is 1120 g/mol. The maximum Gasteiger partial charge on any atom is 0.399 e. The molecular formula is C46H66F2N9O19P. The molecule has 2 heterocycles. The molecule has 3 rings (SSSR count). The van der Waals surface area contributed by atoms with Crippen molar-refractivity contribution in [3.05, 3.63) is 35.4 Å². The van der Waals surface area contributed by atoms with Crippen LogP contribution in [0.4, 0.5) is 9.05 Å². The summed E-state index contributed by atoms with van der Waals surface area (Å²) in [6.45, 7) is 3.36. The second-order valence-corrected chi connectivity index (χ2v) is 20.5. The molecule has 1 aromatic rings. The topological polar surface area (TPSA) is 440 Å². The molecule has 28 nitrogen and oxygen atoms in total. The third-order valence-electron chi connectivity index (χ3n) is 13.0. The summed E-state index contributed by atoms with van der Waals surface area (Å²) in [6.07, 6.45) is -4.90. The van der Waals surface area contributed by atoms with Crippen LogP contribution in [0.3, 0.4) is 0 Å². The standard InChI is InChI=1S/C46H66F2N9O19P/c1-3-24(2)38(45(71)57-21-5-7-33(57)46(72)73)55-41(67)30(15-19-37(63)64)51-39(65)29(14-18-36(61)62)52-42(68)31(22-25-8-10-26(11-9-25)23-77(74,75-47)76-48)54-40(66)28(13-16-34(50)58)53-43(69)32-6-4-20-56(32)44(70)27(49)12-17-35(59)60/h8-11,24,27-33,38H,3-7,12-23,49H2,1-2H3,(H2,50,58)(H,51,65)(H,52,68)(H,53,69)(H,54,66)(H,55,67)(H,59,60)(H,61,62)(H,63,64)(H,72,73)/t24-,27-,28-,29-,30-,31-,32-,33-,38-/m0/s1. The number of hydrogen-bond acceptors (Lipinski definition) is 16. The van der Waals surface area contributed by atoms with Gasteiger partial charge in [-0.2, -0.15) is 0 Å². The average molecular weight is 1120 g/mol. The van der Waals surface area contributed by atoms with Crippen molar-refractivity contribution in [2.24, 2.45) is 17.4 Å². The molecule has 0 saturated carbocycles.